The van der Waals surface area contributed by atoms with Crippen LogP contribution in [-0.4, -0.2) is 11.3 Å². The Balaban J connectivity index is 3.21. The maximum atomic E-state index is 12.8. The Hall–Kier alpha value is -0.810. The lowest BCUT2D eigenvalue weighted by atomic mass is 9.90. The largest absolute Gasteiger partial charge is 0.421 e. The minimum atomic E-state index is -4.73. The summed E-state index contributed by atoms with van der Waals surface area (Å²) in [5.41, 5.74) is -3.06. The zero-order chi connectivity index (χ0) is 12.4. The molecule has 0 aliphatic carbocycles. The highest BCUT2D eigenvalue weighted by Gasteiger charge is 2.53. The molecule has 0 fully saturated rings. The van der Waals surface area contributed by atoms with Crippen LogP contribution in [0, 0.1) is 0 Å². The molecular weight excluding hydrogens is 285 g/mol. The third-order valence-electron chi connectivity index (χ3n) is 2.23. The molecule has 0 aliphatic heterocycles. The first-order valence-electron chi connectivity index (χ1n) is 4.47. The van der Waals surface area contributed by atoms with Gasteiger partial charge in [0.25, 0.3) is 0 Å². The summed E-state index contributed by atoms with van der Waals surface area (Å²) in [6, 6.07) is 5.38. The zero-order valence-electron chi connectivity index (χ0n) is 8.26. The fourth-order valence-corrected chi connectivity index (χ4v) is 1.60. The Bertz CT molecular complexity index is 372. The van der Waals surface area contributed by atoms with E-state index in [0.29, 0.717) is 4.47 Å². The van der Waals surface area contributed by atoms with Crippen LogP contribution in [0.4, 0.5) is 13.2 Å². The molecule has 0 aromatic heterocycles. The highest BCUT2D eigenvalue weighted by Crippen LogP contribution is 2.41. The van der Waals surface area contributed by atoms with Crippen molar-refractivity contribution in [3.05, 3.63) is 47.0 Å². The molecular formula is C11H10BrF3O. The van der Waals surface area contributed by atoms with Crippen LogP contribution in [0.1, 0.15) is 12.0 Å². The highest BCUT2D eigenvalue weighted by atomic mass is 79.9. The van der Waals surface area contributed by atoms with Gasteiger partial charge in [0, 0.05) is 10.9 Å². The molecule has 0 aliphatic rings. The molecule has 1 N–H and O–H groups in total. The third kappa shape index (κ3) is 2.47. The van der Waals surface area contributed by atoms with E-state index in [2.05, 4.69) is 22.5 Å². The van der Waals surface area contributed by atoms with Crippen LogP contribution in [-0.2, 0) is 5.60 Å². The van der Waals surface area contributed by atoms with E-state index in [1.54, 1.807) is 0 Å². The molecule has 16 heavy (non-hydrogen) atoms. The molecule has 1 atom stereocenters. The third-order valence-corrected chi connectivity index (χ3v) is 2.76. The van der Waals surface area contributed by atoms with Gasteiger partial charge in [-0.3, -0.25) is 0 Å². The van der Waals surface area contributed by atoms with Gasteiger partial charge in [-0.1, -0.05) is 34.1 Å². The highest BCUT2D eigenvalue weighted by molar-refractivity contribution is 9.10. The van der Waals surface area contributed by atoms with Gasteiger partial charge in [-0.15, -0.1) is 6.58 Å². The van der Waals surface area contributed by atoms with Gasteiger partial charge in [0.15, 0.2) is 5.60 Å². The second kappa shape index (κ2) is 4.59. The van der Waals surface area contributed by atoms with E-state index < -0.39 is 18.2 Å². The number of rotatable bonds is 3. The molecule has 0 bridgehead atoms. The molecule has 0 unspecified atom stereocenters. The Kier molecular flexibility index (Phi) is 3.80. The van der Waals surface area contributed by atoms with Gasteiger partial charge in [-0.05, 0) is 17.7 Å². The molecule has 1 aromatic rings. The summed E-state index contributed by atoms with van der Waals surface area (Å²) in [5, 5.41) is 9.70. The van der Waals surface area contributed by atoms with Gasteiger partial charge in [0.05, 0.1) is 0 Å². The minimum Gasteiger partial charge on any atom is -0.376 e. The molecule has 1 nitrogen and oxygen atoms in total. The second-order valence-electron chi connectivity index (χ2n) is 3.36. The number of hydrogen-bond donors (Lipinski definition) is 1. The lowest BCUT2D eigenvalue weighted by Gasteiger charge is -2.30. The van der Waals surface area contributed by atoms with Crippen LogP contribution in [0.5, 0.6) is 0 Å². The van der Waals surface area contributed by atoms with E-state index in [-0.39, 0.29) is 5.56 Å². The number of alkyl halides is 3. The first kappa shape index (κ1) is 13.3. The molecule has 0 radical (unpaired) electrons. The van der Waals surface area contributed by atoms with E-state index in [9.17, 15) is 18.3 Å². The van der Waals surface area contributed by atoms with Gasteiger partial charge in [0.1, 0.15) is 0 Å². The predicted molar refractivity (Wildman–Crippen MR) is 58.9 cm³/mol. The first-order chi connectivity index (χ1) is 7.31. The van der Waals surface area contributed by atoms with Crippen molar-refractivity contribution >= 4 is 15.9 Å². The van der Waals surface area contributed by atoms with Crippen LogP contribution >= 0.6 is 15.9 Å². The standard InChI is InChI=1S/C11H10BrF3O/c1-2-7-10(16,11(13,14)15)8-3-5-9(12)6-4-8/h2-6,16H,1,7H2/t10-/m1/s1. The number of benzene rings is 1. The Morgan fingerprint density at radius 2 is 1.75 bits per heavy atom. The average Bonchev–Trinajstić information content (AvgIpc) is 2.17. The molecule has 1 rings (SSSR count). The monoisotopic (exact) mass is 294 g/mol. The van der Waals surface area contributed by atoms with Crippen molar-refractivity contribution < 1.29 is 18.3 Å². The van der Waals surface area contributed by atoms with Crippen LogP contribution in [0.2, 0.25) is 0 Å². The van der Waals surface area contributed by atoms with Gasteiger partial charge in [-0.2, -0.15) is 13.2 Å². The molecule has 0 heterocycles. The lowest BCUT2D eigenvalue weighted by molar-refractivity contribution is -0.265. The van der Waals surface area contributed by atoms with Crippen molar-refractivity contribution in [2.45, 2.75) is 18.2 Å². The number of halogens is 4. The Morgan fingerprint density at radius 1 is 1.25 bits per heavy atom. The first-order valence-corrected chi connectivity index (χ1v) is 5.26. The normalized spacial score (nSPS) is 15.6. The van der Waals surface area contributed by atoms with Crippen molar-refractivity contribution in [3.63, 3.8) is 0 Å². The van der Waals surface area contributed by atoms with Gasteiger partial charge < -0.3 is 5.11 Å². The fourth-order valence-electron chi connectivity index (χ4n) is 1.33. The van der Waals surface area contributed by atoms with Crippen molar-refractivity contribution in [1.82, 2.24) is 0 Å². The van der Waals surface area contributed by atoms with Crippen LogP contribution in [0.3, 0.4) is 0 Å². The topological polar surface area (TPSA) is 20.2 Å². The molecule has 88 valence electrons. The summed E-state index contributed by atoms with van der Waals surface area (Å²) >= 11 is 3.12. The molecule has 0 saturated carbocycles. The van der Waals surface area contributed by atoms with Crippen LogP contribution in [0.15, 0.2) is 41.4 Å². The molecule has 1 aromatic carbocycles. The van der Waals surface area contributed by atoms with Crippen LogP contribution < -0.4 is 0 Å². The van der Waals surface area contributed by atoms with E-state index in [1.165, 1.54) is 24.3 Å². The summed E-state index contributed by atoms with van der Waals surface area (Å²) in [4.78, 5) is 0. The minimum absolute atomic E-state index is 0.192. The Morgan fingerprint density at radius 3 is 2.12 bits per heavy atom. The molecule has 0 spiro atoms. The van der Waals surface area contributed by atoms with Gasteiger partial charge >= 0.3 is 6.18 Å². The summed E-state index contributed by atoms with van der Waals surface area (Å²) < 4.78 is 39.0. The summed E-state index contributed by atoms with van der Waals surface area (Å²) in [7, 11) is 0. The quantitative estimate of drug-likeness (QED) is 0.841. The predicted octanol–water partition coefficient (Wildman–Crippen LogP) is 3.78. The van der Waals surface area contributed by atoms with E-state index in [4.69, 9.17) is 0 Å². The molecule has 5 heteroatoms. The number of hydrogen-bond acceptors (Lipinski definition) is 1. The van der Waals surface area contributed by atoms with Gasteiger partial charge in [0.2, 0.25) is 0 Å². The van der Waals surface area contributed by atoms with Gasteiger partial charge in [-0.25, -0.2) is 0 Å². The van der Waals surface area contributed by atoms with Crippen molar-refractivity contribution in [3.8, 4) is 0 Å². The molecule has 0 saturated heterocycles. The van der Waals surface area contributed by atoms with Crippen LogP contribution in [0.25, 0.3) is 0 Å². The molecule has 0 amide bonds. The fraction of sp³-hybridized carbons (Fsp3) is 0.273. The number of aliphatic hydroxyl groups is 1. The Labute approximate surface area is 99.7 Å². The van der Waals surface area contributed by atoms with Crippen molar-refractivity contribution in [1.29, 1.82) is 0 Å². The zero-order valence-corrected chi connectivity index (χ0v) is 9.85. The van der Waals surface area contributed by atoms with E-state index in [1.807, 2.05) is 0 Å². The van der Waals surface area contributed by atoms with E-state index in [0.717, 1.165) is 6.08 Å². The van der Waals surface area contributed by atoms with Crippen molar-refractivity contribution in [2.75, 3.05) is 0 Å². The SMILES string of the molecule is C=CC[C@@](O)(c1ccc(Br)cc1)C(F)(F)F. The summed E-state index contributed by atoms with van der Waals surface area (Å²) in [6.07, 6.45) is -4.25. The smallest absolute Gasteiger partial charge is 0.376 e. The average molecular weight is 295 g/mol. The van der Waals surface area contributed by atoms with E-state index >= 15 is 0 Å². The maximum Gasteiger partial charge on any atom is 0.421 e. The summed E-state index contributed by atoms with van der Waals surface area (Å²) in [5.74, 6) is 0. The lowest BCUT2D eigenvalue weighted by Crippen LogP contribution is -2.41. The summed E-state index contributed by atoms with van der Waals surface area (Å²) in [6.45, 7) is 3.23. The maximum absolute atomic E-state index is 12.8. The van der Waals surface area contributed by atoms with Crippen molar-refractivity contribution in [2.24, 2.45) is 0 Å². The second-order valence-corrected chi connectivity index (χ2v) is 4.27.